The smallest absolute Gasteiger partial charge is 0.206 e. The summed E-state index contributed by atoms with van der Waals surface area (Å²) in [6.45, 7) is 0.258. The minimum absolute atomic E-state index is 0.258. The van der Waals surface area contributed by atoms with Crippen LogP contribution < -0.4 is 4.72 Å². The van der Waals surface area contributed by atoms with Gasteiger partial charge in [0, 0.05) is 15.5 Å². The molecule has 96 valence electrons. The van der Waals surface area contributed by atoms with Crippen LogP contribution in [-0.2, 0) is 16.6 Å². The van der Waals surface area contributed by atoms with Crippen molar-refractivity contribution in [3.63, 3.8) is 0 Å². The van der Waals surface area contributed by atoms with Gasteiger partial charge in [0.05, 0.1) is 0 Å². The zero-order valence-electron chi connectivity index (χ0n) is 9.06. The van der Waals surface area contributed by atoms with Crippen LogP contribution >= 0.6 is 43.2 Å². The Bertz CT molecular complexity index is 653. The highest BCUT2D eigenvalue weighted by Gasteiger charge is 2.18. The van der Waals surface area contributed by atoms with Crippen molar-refractivity contribution in [1.29, 1.82) is 0 Å². The molecule has 2 aromatic rings. The Labute approximate surface area is 127 Å². The normalized spacial score (nSPS) is 11.7. The molecule has 0 aliphatic heterocycles. The second kappa shape index (κ2) is 5.83. The topological polar surface area (TPSA) is 46.2 Å². The van der Waals surface area contributed by atoms with E-state index in [-0.39, 0.29) is 6.54 Å². The summed E-state index contributed by atoms with van der Waals surface area (Å²) in [5.74, 6) is 0. The zero-order valence-corrected chi connectivity index (χ0v) is 13.9. The molecule has 1 heterocycles. The van der Waals surface area contributed by atoms with E-state index in [0.29, 0.717) is 8.68 Å². The zero-order chi connectivity index (χ0) is 13.2. The average Bonchev–Trinajstić information content (AvgIpc) is 2.75. The van der Waals surface area contributed by atoms with Crippen molar-refractivity contribution >= 4 is 53.2 Å². The SMILES string of the molecule is O=S(=O)(NCc1ccccc1Br)c1sccc1Br. The van der Waals surface area contributed by atoms with Gasteiger partial charge in [-0.05, 0) is 39.0 Å². The van der Waals surface area contributed by atoms with Gasteiger partial charge < -0.3 is 0 Å². The lowest BCUT2D eigenvalue weighted by Gasteiger charge is -2.07. The van der Waals surface area contributed by atoms with Crippen molar-refractivity contribution in [3.05, 3.63) is 50.2 Å². The van der Waals surface area contributed by atoms with Gasteiger partial charge in [0.25, 0.3) is 10.0 Å². The second-order valence-corrected chi connectivity index (χ2v) is 8.06. The highest BCUT2D eigenvalue weighted by molar-refractivity contribution is 9.10. The van der Waals surface area contributed by atoms with Gasteiger partial charge in [0.1, 0.15) is 4.21 Å². The van der Waals surface area contributed by atoms with Gasteiger partial charge in [0.15, 0.2) is 0 Å². The summed E-state index contributed by atoms with van der Waals surface area (Å²) >= 11 is 7.80. The summed E-state index contributed by atoms with van der Waals surface area (Å²) in [5.41, 5.74) is 0.897. The molecule has 3 nitrogen and oxygen atoms in total. The standard InChI is InChI=1S/C11H9Br2NO2S2/c12-9-4-2-1-3-8(9)7-14-18(15,16)11-10(13)5-6-17-11/h1-6,14H,7H2. The molecule has 0 bridgehead atoms. The van der Waals surface area contributed by atoms with Gasteiger partial charge in [-0.1, -0.05) is 34.1 Å². The van der Waals surface area contributed by atoms with Gasteiger partial charge in [-0.25, -0.2) is 13.1 Å². The highest BCUT2D eigenvalue weighted by Crippen LogP contribution is 2.27. The Kier molecular flexibility index (Phi) is 4.60. The van der Waals surface area contributed by atoms with E-state index in [1.165, 1.54) is 11.3 Å². The van der Waals surface area contributed by atoms with Crippen LogP contribution in [-0.4, -0.2) is 8.42 Å². The van der Waals surface area contributed by atoms with Crippen LogP contribution in [0.15, 0.2) is 48.9 Å². The third kappa shape index (κ3) is 3.21. The molecule has 2 rings (SSSR count). The maximum Gasteiger partial charge on any atom is 0.251 e. The van der Waals surface area contributed by atoms with Crippen molar-refractivity contribution in [3.8, 4) is 0 Å². The first-order valence-electron chi connectivity index (χ1n) is 4.97. The first-order valence-corrected chi connectivity index (χ1v) is 8.91. The van der Waals surface area contributed by atoms with Crippen LogP contribution in [0.5, 0.6) is 0 Å². The lowest BCUT2D eigenvalue weighted by Crippen LogP contribution is -2.22. The van der Waals surface area contributed by atoms with Crippen LogP contribution in [0, 0.1) is 0 Å². The fourth-order valence-electron chi connectivity index (χ4n) is 1.35. The molecule has 0 saturated heterocycles. The van der Waals surface area contributed by atoms with Crippen molar-refractivity contribution in [2.24, 2.45) is 0 Å². The van der Waals surface area contributed by atoms with Gasteiger partial charge in [-0.3, -0.25) is 0 Å². The molecule has 18 heavy (non-hydrogen) atoms. The fraction of sp³-hybridized carbons (Fsp3) is 0.0909. The number of rotatable bonds is 4. The minimum Gasteiger partial charge on any atom is -0.206 e. The average molecular weight is 411 g/mol. The van der Waals surface area contributed by atoms with Crippen LogP contribution in [0.3, 0.4) is 0 Å². The Morgan fingerprint density at radius 3 is 2.44 bits per heavy atom. The summed E-state index contributed by atoms with van der Waals surface area (Å²) in [6, 6.07) is 9.23. The first-order chi connectivity index (χ1) is 8.50. The van der Waals surface area contributed by atoms with Crippen molar-refractivity contribution < 1.29 is 8.42 Å². The van der Waals surface area contributed by atoms with E-state index in [1.807, 2.05) is 24.3 Å². The summed E-state index contributed by atoms with van der Waals surface area (Å²) in [6.07, 6.45) is 0. The predicted molar refractivity (Wildman–Crippen MR) is 80.2 cm³/mol. The molecular weight excluding hydrogens is 402 g/mol. The molecule has 0 radical (unpaired) electrons. The Morgan fingerprint density at radius 1 is 1.11 bits per heavy atom. The largest absolute Gasteiger partial charge is 0.251 e. The van der Waals surface area contributed by atoms with E-state index in [2.05, 4.69) is 36.6 Å². The molecule has 0 aliphatic carbocycles. The van der Waals surface area contributed by atoms with Crippen LogP contribution in [0.25, 0.3) is 0 Å². The van der Waals surface area contributed by atoms with Crippen molar-refractivity contribution in [2.75, 3.05) is 0 Å². The first kappa shape index (κ1) is 14.2. The lowest BCUT2D eigenvalue weighted by atomic mass is 10.2. The molecule has 0 atom stereocenters. The molecule has 0 unspecified atom stereocenters. The molecular formula is C11H9Br2NO2S2. The van der Waals surface area contributed by atoms with Crippen LogP contribution in [0.4, 0.5) is 0 Å². The Balaban J connectivity index is 2.16. The number of nitrogens with one attached hydrogen (secondary N) is 1. The van der Waals surface area contributed by atoms with Crippen molar-refractivity contribution in [1.82, 2.24) is 4.72 Å². The third-order valence-electron chi connectivity index (χ3n) is 2.24. The molecule has 0 fully saturated rings. The molecule has 0 spiro atoms. The summed E-state index contributed by atoms with van der Waals surface area (Å²) in [7, 11) is -3.46. The number of hydrogen-bond acceptors (Lipinski definition) is 3. The van der Waals surface area contributed by atoms with Gasteiger partial charge in [0.2, 0.25) is 0 Å². The summed E-state index contributed by atoms with van der Waals surface area (Å²) in [4.78, 5) is 0. The monoisotopic (exact) mass is 409 g/mol. The number of thiophene rings is 1. The number of sulfonamides is 1. The predicted octanol–water partition coefficient (Wildman–Crippen LogP) is 3.75. The van der Waals surface area contributed by atoms with E-state index >= 15 is 0 Å². The molecule has 1 aromatic heterocycles. The van der Waals surface area contributed by atoms with Crippen LogP contribution in [0.2, 0.25) is 0 Å². The third-order valence-corrected chi connectivity index (χ3v) is 7.08. The van der Waals surface area contributed by atoms with E-state index in [0.717, 1.165) is 10.0 Å². The number of hydrogen-bond donors (Lipinski definition) is 1. The van der Waals surface area contributed by atoms with Crippen LogP contribution in [0.1, 0.15) is 5.56 Å². The summed E-state index contributed by atoms with van der Waals surface area (Å²) in [5, 5.41) is 1.73. The van der Waals surface area contributed by atoms with E-state index in [1.54, 1.807) is 11.4 Å². The molecule has 0 aliphatic rings. The van der Waals surface area contributed by atoms with E-state index in [9.17, 15) is 8.42 Å². The molecule has 0 amide bonds. The number of benzene rings is 1. The lowest BCUT2D eigenvalue weighted by molar-refractivity contribution is 0.583. The Morgan fingerprint density at radius 2 is 1.83 bits per heavy atom. The molecule has 0 saturated carbocycles. The van der Waals surface area contributed by atoms with E-state index < -0.39 is 10.0 Å². The molecule has 1 N–H and O–H groups in total. The van der Waals surface area contributed by atoms with Gasteiger partial charge in [-0.15, -0.1) is 11.3 Å². The molecule has 7 heteroatoms. The maximum atomic E-state index is 12.1. The Hall–Kier alpha value is -0.210. The highest BCUT2D eigenvalue weighted by atomic mass is 79.9. The minimum atomic E-state index is -3.46. The summed E-state index contributed by atoms with van der Waals surface area (Å²) < 4.78 is 28.5. The number of halogens is 2. The quantitative estimate of drug-likeness (QED) is 0.834. The second-order valence-electron chi connectivity index (χ2n) is 3.47. The molecule has 1 aromatic carbocycles. The van der Waals surface area contributed by atoms with E-state index in [4.69, 9.17) is 0 Å². The van der Waals surface area contributed by atoms with Gasteiger partial charge >= 0.3 is 0 Å². The maximum absolute atomic E-state index is 12.1. The fourth-order valence-corrected chi connectivity index (χ4v) is 5.16. The van der Waals surface area contributed by atoms with Crippen molar-refractivity contribution in [2.45, 2.75) is 10.8 Å². The van der Waals surface area contributed by atoms with Gasteiger partial charge in [-0.2, -0.15) is 0 Å².